The Morgan fingerprint density at radius 3 is 2.94 bits per heavy atom. The predicted octanol–water partition coefficient (Wildman–Crippen LogP) is 0.980. The molecule has 0 saturated carbocycles. The van der Waals surface area contributed by atoms with Crippen molar-refractivity contribution in [1.82, 2.24) is 4.90 Å². The third kappa shape index (κ3) is 3.03. The van der Waals surface area contributed by atoms with E-state index < -0.39 is 23.9 Å². The van der Waals surface area contributed by atoms with Crippen LogP contribution in [0.2, 0.25) is 0 Å². The maximum atomic E-state index is 13.2. The van der Waals surface area contributed by atoms with Gasteiger partial charge in [0, 0.05) is 6.08 Å². The van der Waals surface area contributed by atoms with Crippen molar-refractivity contribution in [2.24, 2.45) is 0 Å². The molecule has 1 atom stereocenters. The van der Waals surface area contributed by atoms with E-state index in [9.17, 15) is 19.1 Å². The monoisotopic (exact) mass is 231 g/mol. The third-order valence-corrected chi connectivity index (χ3v) is 2.17. The Bertz CT molecular complexity index is 316. The number of carbonyl (C=O) groups is 2. The highest BCUT2D eigenvalue weighted by Crippen LogP contribution is 2.12. The van der Waals surface area contributed by atoms with Gasteiger partial charge in [-0.15, -0.1) is 0 Å². The van der Waals surface area contributed by atoms with Crippen molar-refractivity contribution in [3.05, 3.63) is 11.9 Å². The van der Waals surface area contributed by atoms with Crippen LogP contribution < -0.4 is 0 Å². The maximum absolute atomic E-state index is 13.2. The SMILES string of the molecule is CCC[C@@H](O)/C(F)=C\C(=O)N1CCOC1=O. The minimum Gasteiger partial charge on any atom is -0.447 e. The highest BCUT2D eigenvalue weighted by molar-refractivity contribution is 5.99. The molecule has 0 aliphatic carbocycles. The summed E-state index contributed by atoms with van der Waals surface area (Å²) >= 11 is 0. The van der Waals surface area contributed by atoms with Crippen LogP contribution in [0.1, 0.15) is 19.8 Å². The van der Waals surface area contributed by atoms with Crippen LogP contribution in [-0.2, 0) is 9.53 Å². The summed E-state index contributed by atoms with van der Waals surface area (Å²) in [5.74, 6) is -1.72. The van der Waals surface area contributed by atoms with Gasteiger partial charge in [0.15, 0.2) is 0 Å². The Kier molecular flexibility index (Phi) is 4.42. The van der Waals surface area contributed by atoms with Crippen molar-refractivity contribution < 1.29 is 23.8 Å². The molecule has 1 fully saturated rings. The fourth-order valence-corrected chi connectivity index (χ4v) is 1.30. The molecular formula is C10H14FNO4. The summed E-state index contributed by atoms with van der Waals surface area (Å²) < 4.78 is 17.8. The molecule has 1 N–H and O–H groups in total. The molecule has 5 nitrogen and oxygen atoms in total. The second kappa shape index (κ2) is 5.60. The number of ether oxygens (including phenoxy) is 1. The number of hydrogen-bond donors (Lipinski definition) is 1. The van der Waals surface area contributed by atoms with E-state index in [1.807, 2.05) is 0 Å². The molecule has 0 radical (unpaired) electrons. The molecule has 1 rings (SSSR count). The lowest BCUT2D eigenvalue weighted by Crippen LogP contribution is -2.30. The summed E-state index contributed by atoms with van der Waals surface area (Å²) in [5.41, 5.74) is 0. The van der Waals surface area contributed by atoms with E-state index in [1.165, 1.54) is 0 Å². The van der Waals surface area contributed by atoms with Crippen LogP contribution in [-0.4, -0.2) is 41.3 Å². The smallest absolute Gasteiger partial charge is 0.416 e. The summed E-state index contributed by atoms with van der Waals surface area (Å²) in [6.45, 7) is 2.03. The Morgan fingerprint density at radius 1 is 1.75 bits per heavy atom. The van der Waals surface area contributed by atoms with Gasteiger partial charge in [0.05, 0.1) is 6.54 Å². The molecule has 16 heavy (non-hydrogen) atoms. The van der Waals surface area contributed by atoms with E-state index in [-0.39, 0.29) is 19.6 Å². The molecule has 2 amide bonds. The summed E-state index contributed by atoms with van der Waals surface area (Å²) in [6, 6.07) is 0. The second-order valence-corrected chi connectivity index (χ2v) is 3.44. The lowest BCUT2D eigenvalue weighted by molar-refractivity contribution is -0.122. The first-order valence-electron chi connectivity index (χ1n) is 5.09. The maximum Gasteiger partial charge on any atom is 0.416 e. The molecule has 6 heteroatoms. The number of hydrogen-bond acceptors (Lipinski definition) is 4. The first-order valence-corrected chi connectivity index (χ1v) is 5.09. The molecule has 1 heterocycles. The second-order valence-electron chi connectivity index (χ2n) is 3.44. The number of nitrogens with zero attached hydrogens (tertiary/aromatic N) is 1. The van der Waals surface area contributed by atoms with E-state index >= 15 is 0 Å². The van der Waals surface area contributed by atoms with Crippen molar-refractivity contribution in [2.75, 3.05) is 13.2 Å². The van der Waals surface area contributed by atoms with E-state index in [4.69, 9.17) is 0 Å². The number of cyclic esters (lactones) is 1. The summed E-state index contributed by atoms with van der Waals surface area (Å²) in [5, 5.41) is 9.25. The largest absolute Gasteiger partial charge is 0.447 e. The normalized spacial score (nSPS) is 18.6. The van der Waals surface area contributed by atoms with Gasteiger partial charge >= 0.3 is 6.09 Å². The number of aliphatic hydroxyl groups excluding tert-OH is 1. The van der Waals surface area contributed by atoms with Crippen molar-refractivity contribution in [3.8, 4) is 0 Å². The number of amides is 2. The molecule has 0 unspecified atom stereocenters. The fraction of sp³-hybridized carbons (Fsp3) is 0.600. The van der Waals surface area contributed by atoms with Gasteiger partial charge in [-0.25, -0.2) is 14.1 Å². The van der Waals surface area contributed by atoms with Gasteiger partial charge in [0.25, 0.3) is 5.91 Å². The number of aliphatic hydroxyl groups is 1. The minimum absolute atomic E-state index is 0.116. The highest BCUT2D eigenvalue weighted by Gasteiger charge is 2.27. The zero-order valence-corrected chi connectivity index (χ0v) is 8.98. The van der Waals surface area contributed by atoms with Gasteiger partial charge in [-0.2, -0.15) is 0 Å². The number of rotatable bonds is 4. The molecule has 0 aromatic heterocycles. The molecule has 0 spiro atoms. The molecule has 1 aliphatic heterocycles. The molecule has 0 bridgehead atoms. The average molecular weight is 231 g/mol. The molecule has 1 aliphatic rings. The molecular weight excluding hydrogens is 217 g/mol. The fourth-order valence-electron chi connectivity index (χ4n) is 1.30. The Labute approximate surface area is 92.5 Å². The van der Waals surface area contributed by atoms with E-state index in [0.29, 0.717) is 12.5 Å². The predicted molar refractivity (Wildman–Crippen MR) is 53.2 cm³/mol. The van der Waals surface area contributed by atoms with Gasteiger partial charge in [0.1, 0.15) is 18.5 Å². The lowest BCUT2D eigenvalue weighted by Gasteiger charge is -2.09. The number of halogens is 1. The molecule has 0 aromatic rings. The van der Waals surface area contributed by atoms with Gasteiger partial charge in [-0.3, -0.25) is 4.79 Å². The first kappa shape index (κ1) is 12.6. The standard InChI is InChI=1S/C10H14FNO4/c1-2-3-8(13)7(11)6-9(14)12-4-5-16-10(12)15/h6,8,13H,2-5H2,1H3/b7-6+/t8-/m1/s1. The van der Waals surface area contributed by atoms with Crippen molar-refractivity contribution in [1.29, 1.82) is 0 Å². The quantitative estimate of drug-likeness (QED) is 0.732. The Morgan fingerprint density at radius 2 is 2.44 bits per heavy atom. The highest BCUT2D eigenvalue weighted by atomic mass is 19.1. The van der Waals surface area contributed by atoms with Crippen molar-refractivity contribution >= 4 is 12.0 Å². The van der Waals surface area contributed by atoms with Crippen LogP contribution >= 0.6 is 0 Å². The van der Waals surface area contributed by atoms with Gasteiger partial charge < -0.3 is 9.84 Å². The number of imide groups is 1. The third-order valence-electron chi connectivity index (χ3n) is 2.17. The summed E-state index contributed by atoms with van der Waals surface area (Å²) in [4.78, 5) is 23.1. The molecule has 0 aromatic carbocycles. The number of carbonyl (C=O) groups excluding carboxylic acids is 2. The van der Waals surface area contributed by atoms with Gasteiger partial charge in [0.2, 0.25) is 0 Å². The topological polar surface area (TPSA) is 66.8 Å². The van der Waals surface area contributed by atoms with Crippen LogP contribution in [0, 0.1) is 0 Å². The van der Waals surface area contributed by atoms with E-state index in [1.54, 1.807) is 6.92 Å². The first-order chi connectivity index (χ1) is 7.56. The van der Waals surface area contributed by atoms with Crippen LogP contribution in [0.5, 0.6) is 0 Å². The molecule has 90 valence electrons. The van der Waals surface area contributed by atoms with Crippen LogP contribution in [0.15, 0.2) is 11.9 Å². The van der Waals surface area contributed by atoms with Gasteiger partial charge in [-0.1, -0.05) is 13.3 Å². The summed E-state index contributed by atoms with van der Waals surface area (Å²) in [6.07, 6.45) is -0.596. The Hall–Kier alpha value is -1.43. The van der Waals surface area contributed by atoms with Crippen LogP contribution in [0.25, 0.3) is 0 Å². The molecule has 1 saturated heterocycles. The minimum atomic E-state index is -1.28. The van der Waals surface area contributed by atoms with Crippen molar-refractivity contribution in [3.63, 3.8) is 0 Å². The van der Waals surface area contributed by atoms with Crippen LogP contribution in [0.3, 0.4) is 0 Å². The van der Waals surface area contributed by atoms with Crippen LogP contribution in [0.4, 0.5) is 9.18 Å². The van der Waals surface area contributed by atoms with E-state index in [0.717, 1.165) is 4.90 Å². The van der Waals surface area contributed by atoms with E-state index in [2.05, 4.69) is 4.74 Å². The van der Waals surface area contributed by atoms with Gasteiger partial charge in [-0.05, 0) is 6.42 Å². The summed E-state index contributed by atoms with van der Waals surface area (Å²) in [7, 11) is 0. The Balaban J connectivity index is 2.61. The average Bonchev–Trinajstić information content (AvgIpc) is 2.64. The zero-order chi connectivity index (χ0) is 12.1. The lowest BCUT2D eigenvalue weighted by atomic mass is 10.2. The van der Waals surface area contributed by atoms with Crippen molar-refractivity contribution in [2.45, 2.75) is 25.9 Å². The zero-order valence-electron chi connectivity index (χ0n) is 8.98.